The number of aliphatic hydroxyl groups excluding tert-OH is 4. The van der Waals surface area contributed by atoms with Gasteiger partial charge in [0, 0.05) is 62.2 Å². The Hall–Kier alpha value is -2.26. The van der Waals surface area contributed by atoms with E-state index in [1.165, 1.54) is 14.0 Å². The maximum atomic E-state index is 13.3. The van der Waals surface area contributed by atoms with Crippen molar-refractivity contribution in [1.82, 2.24) is 0 Å². The maximum absolute atomic E-state index is 13.3. The SMILES string of the molecule is CO[C@@H]([C@H](O)CC(=O)[C@@H](C)[C@@H](O)CC[C@@H](C)[C@@H]1O[C@]2(CC[C@@H](C)[C@H](C[C@H](O)[C@H](C)[C@H](C)O)O2)CC[C@@H]1C)[C@H](OC(=O)CCC1=C(C)C(=O)OC1=O)C(C)C. The number of methoxy groups -OCH3 is 1. The van der Waals surface area contributed by atoms with Gasteiger partial charge in [-0.3, -0.25) is 9.59 Å². The number of hydrogen-bond donors (Lipinski definition) is 4. The minimum Gasteiger partial charge on any atom is -0.459 e. The molecule has 0 saturated carbocycles. The van der Waals surface area contributed by atoms with Gasteiger partial charge in [-0.2, -0.15) is 0 Å². The van der Waals surface area contributed by atoms with Crippen molar-refractivity contribution in [2.75, 3.05) is 7.11 Å². The molecule has 3 rings (SSSR count). The van der Waals surface area contributed by atoms with E-state index in [-0.39, 0.29) is 78.0 Å². The normalized spacial score (nSPS) is 30.0. The molecule has 3 aliphatic heterocycles. The number of carbonyl (C=O) groups is 4. The van der Waals surface area contributed by atoms with Gasteiger partial charge in [0.05, 0.1) is 36.6 Å². The quantitative estimate of drug-likeness (QED) is 0.0994. The average Bonchev–Trinajstić information content (AvgIpc) is 3.36. The summed E-state index contributed by atoms with van der Waals surface area (Å²) in [5.41, 5.74) is 0.278. The van der Waals surface area contributed by atoms with Crippen molar-refractivity contribution in [3.05, 3.63) is 11.1 Å². The average molecular weight is 769 g/mol. The van der Waals surface area contributed by atoms with Gasteiger partial charge in [-0.05, 0) is 69.6 Å². The highest BCUT2D eigenvalue weighted by molar-refractivity contribution is 6.12. The highest BCUT2D eigenvalue weighted by atomic mass is 16.7. The molecule has 0 aromatic heterocycles. The zero-order valence-electron chi connectivity index (χ0n) is 34.1. The number of hydrogen-bond acceptors (Lipinski definition) is 13. The number of aliphatic hydroxyl groups is 4. The first kappa shape index (κ1) is 46.1. The van der Waals surface area contributed by atoms with Crippen LogP contribution in [-0.2, 0) is 42.9 Å². The van der Waals surface area contributed by atoms with Gasteiger partial charge in [0.25, 0.3) is 0 Å². The van der Waals surface area contributed by atoms with Crippen LogP contribution in [0.1, 0.15) is 127 Å². The van der Waals surface area contributed by atoms with E-state index in [0.717, 1.165) is 25.7 Å². The summed E-state index contributed by atoms with van der Waals surface area (Å²) in [4.78, 5) is 49.7. The summed E-state index contributed by atoms with van der Waals surface area (Å²) in [6.07, 6.45) is -1.69. The molecular weight excluding hydrogens is 700 g/mol. The Kier molecular flexibility index (Phi) is 17.3. The third-order valence-corrected chi connectivity index (χ3v) is 12.4. The second kappa shape index (κ2) is 20.2. The van der Waals surface area contributed by atoms with Gasteiger partial charge in [0.2, 0.25) is 0 Å². The summed E-state index contributed by atoms with van der Waals surface area (Å²) < 4.78 is 29.2. The van der Waals surface area contributed by atoms with Crippen LogP contribution >= 0.6 is 0 Å². The summed E-state index contributed by atoms with van der Waals surface area (Å²) in [5.74, 6) is -4.04. The van der Waals surface area contributed by atoms with Crippen molar-refractivity contribution in [3.63, 3.8) is 0 Å². The fourth-order valence-corrected chi connectivity index (χ4v) is 8.01. The highest BCUT2D eigenvalue weighted by Gasteiger charge is 2.48. The zero-order chi connectivity index (χ0) is 40.7. The lowest BCUT2D eigenvalue weighted by Gasteiger charge is -2.51. The molecule has 3 heterocycles. The van der Waals surface area contributed by atoms with Crippen molar-refractivity contribution < 1.29 is 63.3 Å². The summed E-state index contributed by atoms with van der Waals surface area (Å²) in [6.45, 7) is 16.6. The van der Waals surface area contributed by atoms with E-state index >= 15 is 0 Å². The van der Waals surface area contributed by atoms with Crippen LogP contribution in [-0.4, -0.2) is 106 Å². The molecule has 0 amide bonds. The molecule has 2 saturated heterocycles. The lowest BCUT2D eigenvalue weighted by atomic mass is 9.79. The van der Waals surface area contributed by atoms with Crippen LogP contribution in [0.25, 0.3) is 0 Å². The minimum atomic E-state index is -1.32. The highest BCUT2D eigenvalue weighted by Crippen LogP contribution is 2.46. The first-order valence-corrected chi connectivity index (χ1v) is 20.0. The van der Waals surface area contributed by atoms with Gasteiger partial charge in [-0.1, -0.05) is 48.5 Å². The lowest BCUT2D eigenvalue weighted by Crippen LogP contribution is -2.54. The van der Waals surface area contributed by atoms with Crippen LogP contribution < -0.4 is 0 Å². The summed E-state index contributed by atoms with van der Waals surface area (Å²) in [5, 5.41) is 43.0. The predicted octanol–water partition coefficient (Wildman–Crippen LogP) is 4.58. The predicted molar refractivity (Wildman–Crippen MR) is 198 cm³/mol. The van der Waals surface area contributed by atoms with Gasteiger partial charge in [-0.15, -0.1) is 0 Å². The summed E-state index contributed by atoms with van der Waals surface area (Å²) in [6, 6.07) is 0. The van der Waals surface area contributed by atoms with Crippen LogP contribution in [0.3, 0.4) is 0 Å². The van der Waals surface area contributed by atoms with Gasteiger partial charge in [0.1, 0.15) is 18.0 Å². The van der Waals surface area contributed by atoms with Crippen LogP contribution in [0.5, 0.6) is 0 Å². The van der Waals surface area contributed by atoms with Crippen LogP contribution in [0, 0.1) is 35.5 Å². The molecule has 13 nitrogen and oxygen atoms in total. The van der Waals surface area contributed by atoms with E-state index in [1.54, 1.807) is 27.7 Å². The van der Waals surface area contributed by atoms with Crippen molar-refractivity contribution >= 4 is 23.7 Å². The van der Waals surface area contributed by atoms with E-state index in [9.17, 15) is 39.6 Å². The molecule has 54 heavy (non-hydrogen) atoms. The number of esters is 3. The van der Waals surface area contributed by atoms with Gasteiger partial charge in [-0.25, -0.2) is 9.59 Å². The van der Waals surface area contributed by atoms with E-state index < -0.39 is 66.2 Å². The second-order valence-corrected chi connectivity index (χ2v) is 16.9. The largest absolute Gasteiger partial charge is 0.459 e. The van der Waals surface area contributed by atoms with E-state index in [0.29, 0.717) is 19.3 Å². The van der Waals surface area contributed by atoms with Crippen molar-refractivity contribution in [1.29, 1.82) is 0 Å². The van der Waals surface area contributed by atoms with Crippen LogP contribution in [0.4, 0.5) is 0 Å². The molecule has 4 N–H and O–H groups in total. The number of rotatable bonds is 20. The third kappa shape index (κ3) is 11.9. The maximum Gasteiger partial charge on any atom is 0.342 e. The Bertz CT molecular complexity index is 1310. The Morgan fingerprint density at radius 1 is 0.852 bits per heavy atom. The van der Waals surface area contributed by atoms with Crippen LogP contribution in [0.2, 0.25) is 0 Å². The fourth-order valence-electron chi connectivity index (χ4n) is 8.01. The van der Waals surface area contributed by atoms with Gasteiger partial charge in [0.15, 0.2) is 5.79 Å². The molecule has 310 valence electrons. The molecule has 0 radical (unpaired) electrons. The van der Waals surface area contributed by atoms with Gasteiger partial charge < -0.3 is 44.1 Å². The number of Topliss-reactive ketones (excluding diaryl/α,β-unsaturated/α-hetero) is 1. The smallest absolute Gasteiger partial charge is 0.342 e. The Labute approximate surface area is 321 Å². The molecule has 1 spiro atoms. The van der Waals surface area contributed by atoms with Crippen molar-refractivity contribution in [2.24, 2.45) is 35.5 Å². The molecule has 0 aromatic carbocycles. The second-order valence-electron chi connectivity index (χ2n) is 16.9. The van der Waals surface area contributed by atoms with Crippen molar-refractivity contribution in [2.45, 2.75) is 181 Å². The topological polar surface area (TPSA) is 195 Å². The number of ether oxygens (including phenoxy) is 5. The first-order chi connectivity index (χ1) is 25.2. The van der Waals surface area contributed by atoms with E-state index in [4.69, 9.17) is 18.9 Å². The number of ketones is 1. The van der Waals surface area contributed by atoms with E-state index in [1.807, 2.05) is 6.92 Å². The molecule has 0 unspecified atom stereocenters. The Morgan fingerprint density at radius 3 is 2.04 bits per heavy atom. The molecule has 2 fully saturated rings. The van der Waals surface area contributed by atoms with E-state index in [2.05, 4.69) is 25.5 Å². The van der Waals surface area contributed by atoms with Crippen molar-refractivity contribution in [3.8, 4) is 0 Å². The fraction of sp³-hybridized carbons (Fsp3) is 0.854. The van der Waals surface area contributed by atoms with Gasteiger partial charge >= 0.3 is 17.9 Å². The Morgan fingerprint density at radius 2 is 1.48 bits per heavy atom. The minimum absolute atomic E-state index is 0.0388. The zero-order valence-corrected chi connectivity index (χ0v) is 34.1. The monoisotopic (exact) mass is 768 g/mol. The standard InChI is InChI=1S/C41H68O13/c1-21(2)36(51-35(47)14-12-29-26(7)39(48)52-40(29)49)38(50-10)33(46)19-31(44)27(8)30(43)13-11-23(4)37-24(5)16-18-41(54-37)17-15-22(3)34(53-41)20-32(45)25(6)28(9)42/h21-25,27-28,30,32-34,36-38,42-43,45-46H,11-20H2,1-10H3/t22-,23-,24+,25-,27+,28+,30+,32+,33-,34+,36-,37+,38+,41-/m1/s1. The summed E-state index contributed by atoms with van der Waals surface area (Å²) in [7, 11) is 1.36. The molecular formula is C41H68O13. The van der Waals surface area contributed by atoms with Crippen LogP contribution in [0.15, 0.2) is 11.1 Å². The third-order valence-electron chi connectivity index (χ3n) is 12.4. The molecule has 14 atom stereocenters. The molecule has 0 aliphatic carbocycles. The molecule has 0 aromatic rings. The molecule has 13 heteroatoms. The summed E-state index contributed by atoms with van der Waals surface area (Å²) >= 11 is 0. The molecule has 3 aliphatic rings. The Balaban J connectivity index is 1.54. The lowest BCUT2D eigenvalue weighted by molar-refractivity contribution is -0.339. The first-order valence-electron chi connectivity index (χ1n) is 20.0. The number of carbonyl (C=O) groups excluding carboxylic acids is 4. The number of cyclic esters (lactones) is 2. The molecule has 0 bridgehead atoms.